The second-order valence-corrected chi connectivity index (χ2v) is 5.84. The summed E-state index contributed by atoms with van der Waals surface area (Å²) in [6, 6.07) is 0.359. The molecule has 0 spiro atoms. The fraction of sp³-hybridized carbons (Fsp3) is 0.750. The number of halogens is 1. The van der Waals surface area contributed by atoms with Crippen LogP contribution in [-0.2, 0) is 13.5 Å². The average Bonchev–Trinajstić information content (AvgIpc) is 2.63. The lowest BCUT2D eigenvalue weighted by Crippen LogP contribution is -2.22. The van der Waals surface area contributed by atoms with Crippen LogP contribution in [-0.4, -0.2) is 15.8 Å². The van der Waals surface area contributed by atoms with Crippen LogP contribution < -0.4 is 5.73 Å². The summed E-state index contributed by atoms with van der Waals surface area (Å²) >= 11 is 6.28. The maximum absolute atomic E-state index is 6.28. The van der Waals surface area contributed by atoms with E-state index in [1.807, 2.05) is 18.7 Å². The van der Waals surface area contributed by atoms with Crippen LogP contribution in [0.15, 0.2) is 0 Å². The topological polar surface area (TPSA) is 43.8 Å². The second kappa shape index (κ2) is 4.04. The zero-order valence-corrected chi connectivity index (χ0v) is 11.0. The molecule has 1 aromatic rings. The molecule has 1 saturated carbocycles. The molecule has 2 N–H and O–H groups in total. The molecular weight excluding hydrogens is 222 g/mol. The highest BCUT2D eigenvalue weighted by Gasteiger charge is 2.35. The van der Waals surface area contributed by atoms with Gasteiger partial charge in [-0.3, -0.25) is 4.68 Å². The largest absolute Gasteiger partial charge is 0.328 e. The number of hydrogen-bond acceptors (Lipinski definition) is 2. The van der Waals surface area contributed by atoms with Crippen molar-refractivity contribution in [3.05, 3.63) is 16.4 Å². The number of aromatic nitrogens is 2. The summed E-state index contributed by atoms with van der Waals surface area (Å²) in [6.45, 7) is 4.26. The Bertz CT molecular complexity index is 399. The first-order valence-electron chi connectivity index (χ1n) is 5.85. The predicted molar refractivity (Wildman–Crippen MR) is 66.6 cm³/mol. The van der Waals surface area contributed by atoms with E-state index in [9.17, 15) is 0 Å². The van der Waals surface area contributed by atoms with Gasteiger partial charge in [-0.15, -0.1) is 0 Å². The molecule has 0 bridgehead atoms. The van der Waals surface area contributed by atoms with Crippen molar-refractivity contribution >= 4 is 11.6 Å². The maximum Gasteiger partial charge on any atom is 0.0847 e. The number of aryl methyl sites for hydroxylation is 2. The van der Waals surface area contributed by atoms with Gasteiger partial charge in [0.2, 0.25) is 0 Å². The molecule has 2 rings (SSSR count). The Kier molecular flexibility index (Phi) is 3.01. The lowest BCUT2D eigenvalue weighted by molar-refractivity contribution is 0.321. The normalized spacial score (nSPS) is 29.9. The number of nitrogens with zero attached hydrogens (tertiary/aromatic N) is 2. The van der Waals surface area contributed by atoms with Gasteiger partial charge in [-0.25, -0.2) is 0 Å². The van der Waals surface area contributed by atoms with Crippen LogP contribution >= 0.6 is 11.6 Å². The summed E-state index contributed by atoms with van der Waals surface area (Å²) < 4.78 is 1.91. The molecule has 2 atom stereocenters. The Morgan fingerprint density at radius 1 is 1.62 bits per heavy atom. The highest BCUT2D eigenvalue weighted by atomic mass is 35.5. The van der Waals surface area contributed by atoms with E-state index in [1.165, 1.54) is 6.42 Å². The Labute approximate surface area is 102 Å². The molecule has 0 radical (unpaired) electrons. The molecule has 16 heavy (non-hydrogen) atoms. The van der Waals surface area contributed by atoms with Gasteiger partial charge in [-0.05, 0) is 38.0 Å². The molecule has 0 aromatic carbocycles. The van der Waals surface area contributed by atoms with Gasteiger partial charge in [0.05, 0.1) is 16.4 Å². The molecule has 2 unspecified atom stereocenters. The van der Waals surface area contributed by atoms with E-state index in [1.54, 1.807) is 0 Å². The van der Waals surface area contributed by atoms with Crippen molar-refractivity contribution in [3.8, 4) is 0 Å². The van der Waals surface area contributed by atoms with Gasteiger partial charge < -0.3 is 5.73 Å². The first kappa shape index (κ1) is 11.9. The standard InChI is InChI=1S/C12H20ClN3/c1-8-11(13)10(16(3)15-8)7-12(2)5-4-9(14)6-12/h9H,4-7,14H2,1-3H3. The zero-order chi connectivity index (χ0) is 11.9. The van der Waals surface area contributed by atoms with Gasteiger partial charge in [0.15, 0.2) is 0 Å². The third kappa shape index (κ3) is 2.11. The Morgan fingerprint density at radius 2 is 2.31 bits per heavy atom. The van der Waals surface area contributed by atoms with Crippen LogP contribution in [0.25, 0.3) is 0 Å². The molecule has 0 amide bonds. The van der Waals surface area contributed by atoms with Gasteiger partial charge in [0.25, 0.3) is 0 Å². The van der Waals surface area contributed by atoms with Crippen LogP contribution in [0.3, 0.4) is 0 Å². The summed E-state index contributed by atoms with van der Waals surface area (Å²) in [5, 5.41) is 5.18. The quantitative estimate of drug-likeness (QED) is 0.865. The smallest absolute Gasteiger partial charge is 0.0847 e. The molecule has 1 fully saturated rings. The summed E-state index contributed by atoms with van der Waals surface area (Å²) in [5.41, 5.74) is 8.36. The van der Waals surface area contributed by atoms with Crippen molar-refractivity contribution in [1.82, 2.24) is 9.78 Å². The van der Waals surface area contributed by atoms with Crippen LogP contribution in [0.1, 0.15) is 37.6 Å². The van der Waals surface area contributed by atoms with Crippen LogP contribution in [0.5, 0.6) is 0 Å². The van der Waals surface area contributed by atoms with Gasteiger partial charge in [0.1, 0.15) is 0 Å². The van der Waals surface area contributed by atoms with Crippen molar-refractivity contribution in [2.24, 2.45) is 18.2 Å². The first-order valence-corrected chi connectivity index (χ1v) is 6.23. The van der Waals surface area contributed by atoms with Crippen molar-refractivity contribution in [1.29, 1.82) is 0 Å². The summed E-state index contributed by atoms with van der Waals surface area (Å²) in [5.74, 6) is 0. The first-order chi connectivity index (χ1) is 7.41. The van der Waals surface area contributed by atoms with Crippen molar-refractivity contribution < 1.29 is 0 Å². The summed E-state index contributed by atoms with van der Waals surface area (Å²) in [7, 11) is 1.96. The molecular formula is C12H20ClN3. The van der Waals surface area contributed by atoms with E-state index >= 15 is 0 Å². The minimum atomic E-state index is 0.295. The van der Waals surface area contributed by atoms with E-state index in [0.717, 1.165) is 35.7 Å². The number of nitrogens with two attached hydrogens (primary N) is 1. The zero-order valence-electron chi connectivity index (χ0n) is 10.3. The summed E-state index contributed by atoms with van der Waals surface area (Å²) in [6.07, 6.45) is 4.39. The van der Waals surface area contributed by atoms with Gasteiger partial charge in [-0.2, -0.15) is 5.10 Å². The number of rotatable bonds is 2. The molecule has 1 aromatic heterocycles. The maximum atomic E-state index is 6.28. The molecule has 1 heterocycles. The SMILES string of the molecule is Cc1nn(C)c(CC2(C)CCC(N)C2)c1Cl. The highest BCUT2D eigenvalue weighted by Crippen LogP contribution is 2.41. The van der Waals surface area contributed by atoms with E-state index in [4.69, 9.17) is 17.3 Å². The molecule has 0 aliphatic heterocycles. The fourth-order valence-corrected chi connectivity index (χ4v) is 3.03. The van der Waals surface area contributed by atoms with Gasteiger partial charge in [-0.1, -0.05) is 18.5 Å². The molecule has 1 aliphatic carbocycles. The van der Waals surface area contributed by atoms with E-state index in [2.05, 4.69) is 12.0 Å². The van der Waals surface area contributed by atoms with E-state index < -0.39 is 0 Å². The third-order valence-corrected chi connectivity index (χ3v) is 4.22. The van der Waals surface area contributed by atoms with Crippen LogP contribution in [0.4, 0.5) is 0 Å². The fourth-order valence-electron chi connectivity index (χ4n) is 2.81. The van der Waals surface area contributed by atoms with Crippen LogP contribution in [0.2, 0.25) is 5.02 Å². The molecule has 1 aliphatic rings. The van der Waals surface area contributed by atoms with Crippen molar-refractivity contribution in [3.63, 3.8) is 0 Å². The highest BCUT2D eigenvalue weighted by molar-refractivity contribution is 6.31. The van der Waals surface area contributed by atoms with Crippen molar-refractivity contribution in [2.45, 2.75) is 45.6 Å². The monoisotopic (exact) mass is 241 g/mol. The Morgan fingerprint density at radius 3 is 2.75 bits per heavy atom. The molecule has 3 nitrogen and oxygen atoms in total. The lowest BCUT2D eigenvalue weighted by Gasteiger charge is -2.23. The minimum absolute atomic E-state index is 0.295. The lowest BCUT2D eigenvalue weighted by atomic mass is 9.83. The number of hydrogen-bond donors (Lipinski definition) is 1. The Balaban J connectivity index is 2.21. The second-order valence-electron chi connectivity index (χ2n) is 5.46. The average molecular weight is 242 g/mol. The predicted octanol–water partition coefficient (Wildman–Crippen LogP) is 2.44. The summed E-state index contributed by atoms with van der Waals surface area (Å²) in [4.78, 5) is 0. The van der Waals surface area contributed by atoms with E-state index in [0.29, 0.717) is 11.5 Å². The Hall–Kier alpha value is -0.540. The molecule has 90 valence electrons. The van der Waals surface area contributed by atoms with Crippen molar-refractivity contribution in [2.75, 3.05) is 0 Å². The minimum Gasteiger partial charge on any atom is -0.328 e. The van der Waals surface area contributed by atoms with Gasteiger partial charge in [0, 0.05) is 13.1 Å². The van der Waals surface area contributed by atoms with Crippen LogP contribution in [0, 0.1) is 12.3 Å². The third-order valence-electron chi connectivity index (χ3n) is 3.73. The molecule has 4 heteroatoms. The molecule has 0 saturated heterocycles. The van der Waals surface area contributed by atoms with E-state index in [-0.39, 0.29) is 0 Å². The van der Waals surface area contributed by atoms with Gasteiger partial charge >= 0.3 is 0 Å².